The molecule has 0 aromatic heterocycles. The smallest absolute Gasteiger partial charge is 0.240 e. The Morgan fingerprint density at radius 1 is 0.848 bits per heavy atom. The Balaban J connectivity index is 1.04. The molecule has 0 unspecified atom stereocenters. The number of fused-ring (bicyclic) bond motifs is 2. The van der Waals surface area contributed by atoms with Crippen molar-refractivity contribution in [1.82, 2.24) is 9.62 Å². The van der Waals surface area contributed by atoms with E-state index in [1.54, 1.807) is 6.07 Å². The van der Waals surface area contributed by atoms with Gasteiger partial charge in [-0.05, 0) is 43.7 Å². The monoisotopic (exact) mass is 475 g/mol. The molecule has 0 spiro atoms. The zero-order valence-electron chi connectivity index (χ0n) is 18.5. The number of nitrogens with zero attached hydrogens (tertiary/aromatic N) is 2. The maximum absolute atomic E-state index is 12.5. The number of para-hydroxylation sites is 1. The third-order valence-corrected chi connectivity index (χ3v) is 7.56. The van der Waals surface area contributed by atoms with Gasteiger partial charge in [0.25, 0.3) is 0 Å². The highest BCUT2D eigenvalue weighted by Crippen LogP contribution is 2.39. The molecule has 33 heavy (non-hydrogen) atoms. The topological polar surface area (TPSA) is 89.6 Å². The van der Waals surface area contributed by atoms with Gasteiger partial charge >= 0.3 is 0 Å². The molecule has 0 radical (unpaired) electrons. The molecule has 3 heterocycles. The molecule has 2 aromatic carbocycles. The van der Waals surface area contributed by atoms with Crippen LogP contribution in [0.4, 0.5) is 5.69 Å². The average Bonchev–Trinajstić information content (AvgIpc) is 3.32. The van der Waals surface area contributed by atoms with Crippen molar-refractivity contribution in [3.8, 4) is 23.0 Å². The van der Waals surface area contributed by atoms with Crippen molar-refractivity contribution in [1.29, 1.82) is 0 Å². The summed E-state index contributed by atoms with van der Waals surface area (Å²) in [6.45, 7) is 6.44. The van der Waals surface area contributed by atoms with E-state index in [0.717, 1.165) is 62.8 Å². The molecule has 0 amide bonds. The van der Waals surface area contributed by atoms with Gasteiger partial charge in [-0.2, -0.15) is 0 Å². The highest BCUT2D eigenvalue weighted by molar-refractivity contribution is 7.89. The van der Waals surface area contributed by atoms with Crippen LogP contribution in [0.2, 0.25) is 0 Å². The summed E-state index contributed by atoms with van der Waals surface area (Å²) < 4.78 is 49.8. The predicted molar refractivity (Wildman–Crippen MR) is 123 cm³/mol. The predicted octanol–water partition coefficient (Wildman–Crippen LogP) is 2.07. The van der Waals surface area contributed by atoms with Gasteiger partial charge in [0.15, 0.2) is 23.0 Å². The summed E-state index contributed by atoms with van der Waals surface area (Å²) in [5.74, 6) is 2.71. The Labute approximate surface area is 194 Å². The van der Waals surface area contributed by atoms with Crippen molar-refractivity contribution in [2.75, 3.05) is 64.2 Å². The highest BCUT2D eigenvalue weighted by Gasteiger charge is 2.24. The minimum Gasteiger partial charge on any atom is -0.486 e. The van der Waals surface area contributed by atoms with Crippen LogP contribution in [-0.4, -0.2) is 72.6 Å². The normalized spacial score (nSPS) is 17.9. The second-order valence-electron chi connectivity index (χ2n) is 8.25. The molecule has 10 heteroatoms. The van der Waals surface area contributed by atoms with Crippen molar-refractivity contribution >= 4 is 15.7 Å². The lowest BCUT2D eigenvalue weighted by Gasteiger charge is -2.37. The molecule has 5 rings (SSSR count). The van der Waals surface area contributed by atoms with Crippen LogP contribution in [0, 0.1) is 0 Å². The van der Waals surface area contributed by atoms with Gasteiger partial charge in [0.1, 0.15) is 13.2 Å². The van der Waals surface area contributed by atoms with Crippen LogP contribution in [0.15, 0.2) is 41.3 Å². The number of anilines is 1. The minimum absolute atomic E-state index is 0.121. The lowest BCUT2D eigenvalue weighted by atomic mass is 10.2. The zero-order valence-corrected chi connectivity index (χ0v) is 19.3. The Hall–Kier alpha value is -2.69. The molecule has 0 atom stereocenters. The summed E-state index contributed by atoms with van der Waals surface area (Å²) in [6, 6.07) is 10.7. The number of benzene rings is 2. The van der Waals surface area contributed by atoms with Crippen molar-refractivity contribution in [2.24, 2.45) is 0 Å². The van der Waals surface area contributed by atoms with Crippen molar-refractivity contribution < 1.29 is 27.4 Å². The second kappa shape index (κ2) is 9.66. The molecule has 3 aliphatic heterocycles. The van der Waals surface area contributed by atoms with Crippen molar-refractivity contribution in [3.05, 3.63) is 36.4 Å². The fourth-order valence-corrected chi connectivity index (χ4v) is 5.40. The number of hydrogen-bond donors (Lipinski definition) is 1. The minimum atomic E-state index is -3.56. The number of hydrogen-bond acceptors (Lipinski definition) is 8. The van der Waals surface area contributed by atoms with E-state index in [4.69, 9.17) is 18.9 Å². The SMILES string of the molecule is O=S(=O)(NCCCCN1CCN(c2cccc3c2OCCO3)CC1)c1ccc2c(c1)OCO2. The first kappa shape index (κ1) is 22.1. The quantitative estimate of drug-likeness (QED) is 0.581. The third kappa shape index (κ3) is 4.97. The second-order valence-corrected chi connectivity index (χ2v) is 10.0. The first-order valence-corrected chi connectivity index (χ1v) is 12.8. The summed E-state index contributed by atoms with van der Waals surface area (Å²) in [5, 5.41) is 0. The van der Waals surface area contributed by atoms with Crippen LogP contribution in [0.1, 0.15) is 12.8 Å². The first-order valence-electron chi connectivity index (χ1n) is 11.4. The Morgan fingerprint density at radius 3 is 2.55 bits per heavy atom. The molecule has 1 N–H and O–H groups in total. The molecule has 3 aliphatic rings. The number of rotatable bonds is 8. The standard InChI is InChI=1S/C23H29N3O6S/c27-33(28,18-6-7-20-22(16-18)32-17-31-20)24-8-1-2-9-25-10-12-26(13-11-25)19-4-3-5-21-23(19)30-15-14-29-21/h3-7,16,24H,1-2,8-15,17H2. The van der Waals surface area contributed by atoms with Crippen LogP contribution in [0.25, 0.3) is 0 Å². The molecule has 9 nitrogen and oxygen atoms in total. The molecule has 1 saturated heterocycles. The van der Waals surface area contributed by atoms with E-state index < -0.39 is 10.0 Å². The molecule has 0 aliphatic carbocycles. The van der Waals surface area contributed by atoms with Crippen molar-refractivity contribution in [2.45, 2.75) is 17.7 Å². The first-order chi connectivity index (χ1) is 16.1. The van der Waals surface area contributed by atoms with Crippen LogP contribution in [0.3, 0.4) is 0 Å². The van der Waals surface area contributed by atoms with Gasteiger partial charge in [0, 0.05) is 38.8 Å². The van der Waals surface area contributed by atoms with Crippen LogP contribution in [0.5, 0.6) is 23.0 Å². The number of nitrogens with one attached hydrogen (secondary N) is 1. The van der Waals surface area contributed by atoms with Gasteiger partial charge in [-0.1, -0.05) is 6.07 Å². The van der Waals surface area contributed by atoms with Crippen LogP contribution in [-0.2, 0) is 10.0 Å². The molecular formula is C23H29N3O6S. The largest absolute Gasteiger partial charge is 0.486 e. The Kier molecular flexibility index (Phi) is 6.48. The Bertz CT molecular complexity index is 1090. The summed E-state index contributed by atoms with van der Waals surface area (Å²) in [5.41, 5.74) is 1.10. The van der Waals surface area contributed by atoms with E-state index in [-0.39, 0.29) is 11.7 Å². The van der Waals surface area contributed by atoms with Crippen LogP contribution >= 0.6 is 0 Å². The summed E-state index contributed by atoms with van der Waals surface area (Å²) in [6.07, 6.45) is 1.71. The van der Waals surface area contributed by atoms with E-state index in [0.29, 0.717) is 31.3 Å². The number of piperazine rings is 1. The van der Waals surface area contributed by atoms with Gasteiger partial charge in [-0.25, -0.2) is 13.1 Å². The third-order valence-electron chi connectivity index (χ3n) is 6.11. The molecule has 1 fully saturated rings. The molecule has 0 bridgehead atoms. The summed E-state index contributed by atoms with van der Waals surface area (Å²) >= 11 is 0. The van der Waals surface area contributed by atoms with Crippen molar-refractivity contribution in [3.63, 3.8) is 0 Å². The van der Waals surface area contributed by atoms with Gasteiger partial charge in [-0.3, -0.25) is 4.90 Å². The lowest BCUT2D eigenvalue weighted by Crippen LogP contribution is -2.46. The number of unbranched alkanes of at least 4 members (excludes halogenated alkanes) is 1. The molecule has 178 valence electrons. The molecule has 0 saturated carbocycles. The number of sulfonamides is 1. The number of ether oxygens (including phenoxy) is 4. The fraction of sp³-hybridized carbons (Fsp3) is 0.478. The van der Waals surface area contributed by atoms with Gasteiger partial charge in [0.2, 0.25) is 16.8 Å². The summed E-state index contributed by atoms with van der Waals surface area (Å²) in [4.78, 5) is 4.97. The van der Waals surface area contributed by atoms with E-state index in [1.807, 2.05) is 12.1 Å². The van der Waals surface area contributed by atoms with Gasteiger partial charge in [-0.15, -0.1) is 0 Å². The summed E-state index contributed by atoms with van der Waals surface area (Å²) in [7, 11) is -3.56. The van der Waals surface area contributed by atoms with E-state index in [1.165, 1.54) is 12.1 Å². The maximum atomic E-state index is 12.5. The molecular weight excluding hydrogens is 446 g/mol. The fourth-order valence-electron chi connectivity index (χ4n) is 4.31. The maximum Gasteiger partial charge on any atom is 0.240 e. The average molecular weight is 476 g/mol. The van der Waals surface area contributed by atoms with E-state index in [2.05, 4.69) is 20.6 Å². The van der Waals surface area contributed by atoms with E-state index in [9.17, 15) is 8.42 Å². The molecule has 2 aromatic rings. The van der Waals surface area contributed by atoms with Gasteiger partial charge < -0.3 is 23.8 Å². The Morgan fingerprint density at radius 2 is 1.67 bits per heavy atom. The van der Waals surface area contributed by atoms with Crippen LogP contribution < -0.4 is 28.6 Å². The zero-order chi connectivity index (χ0) is 22.7. The lowest BCUT2D eigenvalue weighted by molar-refractivity contribution is 0.171. The van der Waals surface area contributed by atoms with Gasteiger partial charge in [0.05, 0.1) is 10.6 Å². The van der Waals surface area contributed by atoms with E-state index >= 15 is 0 Å². The highest BCUT2D eigenvalue weighted by atomic mass is 32.2.